The molecule has 3 N–H and O–H groups in total. The van der Waals surface area contributed by atoms with Gasteiger partial charge in [0.25, 0.3) is 5.91 Å². The molecule has 0 bridgehead atoms. The molecule has 0 aliphatic rings. The fraction of sp³-hybridized carbons (Fsp3) is 0.600. The molecule has 0 heterocycles. The van der Waals surface area contributed by atoms with Gasteiger partial charge < -0.3 is 15.6 Å². The van der Waals surface area contributed by atoms with E-state index in [2.05, 4.69) is 0 Å². The number of benzene rings is 1. The molecule has 1 rings (SSSR count). The van der Waals surface area contributed by atoms with Crippen molar-refractivity contribution in [1.82, 2.24) is 0 Å². The summed E-state index contributed by atoms with van der Waals surface area (Å²) in [6, 6.07) is 3.88. The van der Waals surface area contributed by atoms with Gasteiger partial charge in [-0.1, -0.05) is 53.7 Å². The number of hydrogen-bond donors (Lipinski definition) is 2. The summed E-state index contributed by atoms with van der Waals surface area (Å²) in [6.07, 6.45) is -0.311. The van der Waals surface area contributed by atoms with Gasteiger partial charge in [-0.2, -0.15) is 0 Å². The third-order valence-electron chi connectivity index (χ3n) is 4.11. The van der Waals surface area contributed by atoms with Crippen LogP contribution in [0.4, 0.5) is 0 Å². The van der Waals surface area contributed by atoms with Gasteiger partial charge in [0.05, 0.1) is 0 Å². The molecule has 0 saturated heterocycles. The Hall–Kier alpha value is -2.04. The zero-order valence-corrected chi connectivity index (χ0v) is 16.4. The molecule has 1 aromatic carbocycles. The maximum atomic E-state index is 11.9. The third-order valence-corrected chi connectivity index (χ3v) is 4.11. The highest BCUT2D eigenvalue weighted by molar-refractivity contribution is 5.81. The standard InChI is InChI=1S/C20H31NO4/c1-12(18(21)24)25-16(22)9-8-13-10-14(19(2,3)4)17(23)15(11-13)20(5,6)7/h10-12,23H,8-9H2,1-7H3,(H2,21,24)/t12-/m1/s1. The minimum atomic E-state index is -0.928. The molecular formula is C20H31NO4. The first-order valence-electron chi connectivity index (χ1n) is 8.59. The van der Waals surface area contributed by atoms with Gasteiger partial charge in [-0.05, 0) is 40.9 Å². The van der Waals surface area contributed by atoms with E-state index in [9.17, 15) is 14.7 Å². The van der Waals surface area contributed by atoms with Crippen LogP contribution in [0, 0.1) is 0 Å². The van der Waals surface area contributed by atoms with Crippen molar-refractivity contribution in [3.8, 4) is 5.75 Å². The number of nitrogens with two attached hydrogens (primary N) is 1. The van der Waals surface area contributed by atoms with Crippen LogP contribution in [0.25, 0.3) is 0 Å². The molecule has 0 aromatic heterocycles. The molecule has 0 fully saturated rings. The zero-order valence-electron chi connectivity index (χ0n) is 16.4. The number of rotatable bonds is 5. The molecule has 0 radical (unpaired) electrons. The van der Waals surface area contributed by atoms with Gasteiger partial charge in [0.1, 0.15) is 5.75 Å². The van der Waals surface area contributed by atoms with Crippen molar-refractivity contribution in [2.45, 2.75) is 78.2 Å². The number of phenolic OH excluding ortho intramolecular Hbond substituents is 1. The van der Waals surface area contributed by atoms with Gasteiger partial charge in [-0.3, -0.25) is 9.59 Å². The Morgan fingerprint density at radius 3 is 1.88 bits per heavy atom. The predicted molar refractivity (Wildman–Crippen MR) is 98.6 cm³/mol. The molecule has 1 amide bonds. The van der Waals surface area contributed by atoms with Crippen LogP contribution in [-0.2, 0) is 31.6 Å². The summed E-state index contributed by atoms with van der Waals surface area (Å²) in [4.78, 5) is 22.9. The predicted octanol–water partition coefficient (Wildman–Crippen LogP) is 3.34. The molecule has 140 valence electrons. The topological polar surface area (TPSA) is 89.6 Å². The Bertz CT molecular complexity index is 616. The van der Waals surface area contributed by atoms with E-state index in [4.69, 9.17) is 10.5 Å². The Balaban J connectivity index is 3.08. The maximum absolute atomic E-state index is 11.9. The number of esters is 1. The fourth-order valence-corrected chi connectivity index (χ4v) is 2.54. The average molecular weight is 349 g/mol. The second kappa shape index (κ2) is 7.46. The lowest BCUT2D eigenvalue weighted by Gasteiger charge is -2.28. The monoisotopic (exact) mass is 349 g/mol. The fourth-order valence-electron chi connectivity index (χ4n) is 2.54. The molecule has 1 aromatic rings. The van der Waals surface area contributed by atoms with Gasteiger partial charge in [0.2, 0.25) is 0 Å². The summed E-state index contributed by atoms with van der Waals surface area (Å²) in [5.74, 6) is -0.814. The SMILES string of the molecule is C[C@@H](OC(=O)CCc1cc(C(C)(C)C)c(O)c(C(C)(C)C)c1)C(N)=O. The van der Waals surface area contributed by atoms with E-state index in [1.165, 1.54) is 6.92 Å². The van der Waals surface area contributed by atoms with E-state index in [-0.39, 0.29) is 17.3 Å². The highest BCUT2D eigenvalue weighted by atomic mass is 16.5. The summed E-state index contributed by atoms with van der Waals surface area (Å²) >= 11 is 0. The number of carbonyl (C=O) groups is 2. The number of ether oxygens (including phenoxy) is 1. The van der Waals surface area contributed by atoms with Crippen molar-refractivity contribution in [2.24, 2.45) is 5.73 Å². The van der Waals surface area contributed by atoms with Crippen LogP contribution in [-0.4, -0.2) is 23.1 Å². The summed E-state index contributed by atoms with van der Waals surface area (Å²) in [5, 5.41) is 10.7. The molecule has 0 aliphatic carbocycles. The van der Waals surface area contributed by atoms with Crippen molar-refractivity contribution >= 4 is 11.9 Å². The number of aromatic hydroxyl groups is 1. The Kier molecular flexibility index (Phi) is 6.27. The van der Waals surface area contributed by atoms with Crippen LogP contribution >= 0.6 is 0 Å². The average Bonchev–Trinajstić information content (AvgIpc) is 2.43. The number of aryl methyl sites for hydroxylation is 1. The van der Waals surface area contributed by atoms with Crippen molar-refractivity contribution in [1.29, 1.82) is 0 Å². The Morgan fingerprint density at radius 1 is 1.08 bits per heavy atom. The smallest absolute Gasteiger partial charge is 0.306 e. The van der Waals surface area contributed by atoms with Gasteiger partial charge in [0.15, 0.2) is 6.10 Å². The molecule has 0 aliphatic heterocycles. The summed E-state index contributed by atoms with van der Waals surface area (Å²) < 4.78 is 4.99. The highest BCUT2D eigenvalue weighted by Crippen LogP contribution is 2.39. The van der Waals surface area contributed by atoms with E-state index >= 15 is 0 Å². The number of phenols is 1. The van der Waals surface area contributed by atoms with Crippen molar-refractivity contribution < 1.29 is 19.4 Å². The van der Waals surface area contributed by atoms with E-state index < -0.39 is 18.0 Å². The molecular weight excluding hydrogens is 318 g/mol. The molecule has 0 unspecified atom stereocenters. The summed E-state index contributed by atoms with van der Waals surface area (Å²) in [5.41, 5.74) is 7.32. The first kappa shape index (κ1) is 21.0. The summed E-state index contributed by atoms with van der Waals surface area (Å²) in [7, 11) is 0. The lowest BCUT2D eigenvalue weighted by molar-refractivity contribution is -0.153. The number of carbonyl (C=O) groups excluding carboxylic acids is 2. The molecule has 0 spiro atoms. The van der Waals surface area contributed by atoms with Crippen molar-refractivity contribution in [2.75, 3.05) is 0 Å². The number of hydrogen-bond acceptors (Lipinski definition) is 4. The van der Waals surface area contributed by atoms with E-state index in [0.717, 1.165) is 16.7 Å². The van der Waals surface area contributed by atoms with Gasteiger partial charge in [-0.25, -0.2) is 0 Å². The van der Waals surface area contributed by atoms with Crippen molar-refractivity contribution in [3.05, 3.63) is 28.8 Å². The van der Waals surface area contributed by atoms with Crippen LogP contribution < -0.4 is 5.73 Å². The first-order valence-corrected chi connectivity index (χ1v) is 8.59. The van der Waals surface area contributed by atoms with Gasteiger partial charge >= 0.3 is 5.97 Å². The van der Waals surface area contributed by atoms with Crippen LogP contribution in [0.5, 0.6) is 5.75 Å². The Labute approximate surface area is 150 Å². The van der Waals surface area contributed by atoms with Crippen molar-refractivity contribution in [3.63, 3.8) is 0 Å². The normalized spacial score (nSPS) is 13.4. The Morgan fingerprint density at radius 2 is 1.52 bits per heavy atom. The van der Waals surface area contributed by atoms with E-state index in [0.29, 0.717) is 12.2 Å². The third kappa shape index (κ3) is 5.76. The second-order valence-electron chi connectivity index (χ2n) is 8.57. The molecule has 0 saturated carbocycles. The molecule has 1 atom stereocenters. The minimum Gasteiger partial charge on any atom is -0.507 e. The van der Waals surface area contributed by atoms with Crippen LogP contribution in [0.3, 0.4) is 0 Å². The molecule has 5 nitrogen and oxygen atoms in total. The van der Waals surface area contributed by atoms with Gasteiger partial charge in [0, 0.05) is 6.42 Å². The second-order valence-corrected chi connectivity index (χ2v) is 8.57. The van der Waals surface area contributed by atoms with Crippen LogP contribution in [0.2, 0.25) is 0 Å². The summed E-state index contributed by atoms with van der Waals surface area (Å²) in [6.45, 7) is 13.7. The van der Waals surface area contributed by atoms with E-state index in [1.54, 1.807) is 0 Å². The van der Waals surface area contributed by atoms with Crippen LogP contribution in [0.1, 0.15) is 71.6 Å². The van der Waals surface area contributed by atoms with E-state index in [1.807, 2.05) is 53.7 Å². The highest BCUT2D eigenvalue weighted by Gasteiger charge is 2.26. The minimum absolute atomic E-state index is 0.148. The lowest BCUT2D eigenvalue weighted by atomic mass is 9.78. The number of amides is 1. The molecule has 25 heavy (non-hydrogen) atoms. The van der Waals surface area contributed by atoms with Crippen LogP contribution in [0.15, 0.2) is 12.1 Å². The zero-order chi connectivity index (χ0) is 19.6. The first-order chi connectivity index (χ1) is 11.2. The maximum Gasteiger partial charge on any atom is 0.306 e. The largest absolute Gasteiger partial charge is 0.507 e. The molecule has 5 heteroatoms. The lowest BCUT2D eigenvalue weighted by Crippen LogP contribution is -2.30. The number of primary amides is 1. The van der Waals surface area contributed by atoms with Gasteiger partial charge in [-0.15, -0.1) is 0 Å². The quantitative estimate of drug-likeness (QED) is 0.798.